The quantitative estimate of drug-likeness (QED) is 0.278. The van der Waals surface area contributed by atoms with Gasteiger partial charge in [0.05, 0.1) is 0 Å². The smallest absolute Gasteiger partial charge is 0.408 e. The summed E-state index contributed by atoms with van der Waals surface area (Å²) in [6, 6.07) is 22.4. The molecule has 2 atom stereocenters. The highest BCUT2D eigenvalue weighted by Crippen LogP contribution is 2.27. The third kappa shape index (κ3) is 7.97. The molecular weight excluding hydrogens is 502 g/mol. The molecule has 0 heterocycles. The summed E-state index contributed by atoms with van der Waals surface area (Å²) in [5.41, 5.74) is 3.97. The number of aryl methyl sites for hydroxylation is 3. The standard InChI is InChI=1S/C33H37N3O4/c1-8-36(31(38)27(21-25-15-10-9-11-16-25)34-32(39)40-33(5,6)7)29(26-19-17-22(2)18-20-26)30(37)35-28-23(3)13-12-14-24(28)4/h1,9-20,27,29H,21H2,2-7H3,(H,34,39)(H,35,37). The summed E-state index contributed by atoms with van der Waals surface area (Å²) < 4.78 is 5.43. The largest absolute Gasteiger partial charge is 0.444 e. The molecule has 7 heteroatoms. The zero-order valence-corrected chi connectivity index (χ0v) is 23.9. The van der Waals surface area contributed by atoms with Crippen molar-refractivity contribution >= 4 is 23.6 Å². The lowest BCUT2D eigenvalue weighted by atomic mass is 9.99. The van der Waals surface area contributed by atoms with Crippen molar-refractivity contribution in [3.05, 3.63) is 101 Å². The monoisotopic (exact) mass is 539 g/mol. The predicted octanol–water partition coefficient (Wildman–Crippen LogP) is 5.85. The van der Waals surface area contributed by atoms with Crippen molar-refractivity contribution in [3.63, 3.8) is 0 Å². The van der Waals surface area contributed by atoms with E-state index >= 15 is 0 Å². The van der Waals surface area contributed by atoms with Gasteiger partial charge in [0, 0.05) is 18.2 Å². The number of hydrogen-bond donors (Lipinski definition) is 2. The van der Waals surface area contributed by atoms with E-state index in [1.165, 1.54) is 0 Å². The van der Waals surface area contributed by atoms with Gasteiger partial charge in [0.1, 0.15) is 17.7 Å². The number of carbonyl (C=O) groups excluding carboxylic acids is 3. The zero-order chi connectivity index (χ0) is 29.4. The van der Waals surface area contributed by atoms with Crippen molar-refractivity contribution in [2.24, 2.45) is 0 Å². The van der Waals surface area contributed by atoms with Crippen LogP contribution < -0.4 is 10.6 Å². The van der Waals surface area contributed by atoms with Gasteiger partial charge in [-0.1, -0.05) is 84.8 Å². The Balaban J connectivity index is 2.02. The lowest BCUT2D eigenvalue weighted by Gasteiger charge is -2.31. The number of rotatable bonds is 8. The highest BCUT2D eigenvalue weighted by Gasteiger charge is 2.36. The fourth-order valence-corrected chi connectivity index (χ4v) is 4.30. The second kappa shape index (κ2) is 13.0. The number of para-hydroxylation sites is 1. The topological polar surface area (TPSA) is 87.7 Å². The first-order valence-corrected chi connectivity index (χ1v) is 13.2. The highest BCUT2D eigenvalue weighted by atomic mass is 16.6. The van der Waals surface area contributed by atoms with Gasteiger partial charge in [0.25, 0.3) is 11.8 Å². The summed E-state index contributed by atoms with van der Waals surface area (Å²) in [6.45, 7) is 10.9. The molecule has 0 aromatic heterocycles. The molecule has 40 heavy (non-hydrogen) atoms. The van der Waals surface area contributed by atoms with Crippen LogP contribution in [0.3, 0.4) is 0 Å². The van der Waals surface area contributed by atoms with Crippen LogP contribution in [-0.4, -0.2) is 34.5 Å². The van der Waals surface area contributed by atoms with Crippen molar-refractivity contribution in [2.45, 2.75) is 65.6 Å². The summed E-state index contributed by atoms with van der Waals surface area (Å²) >= 11 is 0. The number of nitrogens with one attached hydrogen (secondary N) is 2. The van der Waals surface area contributed by atoms with Gasteiger partial charge in [-0.05, 0) is 63.8 Å². The van der Waals surface area contributed by atoms with Crippen molar-refractivity contribution in [3.8, 4) is 12.5 Å². The number of ether oxygens (including phenoxy) is 1. The summed E-state index contributed by atoms with van der Waals surface area (Å²) in [4.78, 5) is 41.8. The number of nitrogens with zero attached hydrogens (tertiary/aromatic N) is 1. The van der Waals surface area contributed by atoms with Gasteiger partial charge in [0.15, 0.2) is 0 Å². The van der Waals surface area contributed by atoms with E-state index in [0.29, 0.717) is 11.3 Å². The molecule has 0 aliphatic rings. The number of anilines is 1. The number of terminal acetylenes is 1. The zero-order valence-electron chi connectivity index (χ0n) is 23.9. The maximum absolute atomic E-state index is 14.1. The van der Waals surface area contributed by atoms with Crippen LogP contribution in [0.1, 0.15) is 54.6 Å². The molecular formula is C33H37N3O4. The molecule has 208 valence electrons. The molecule has 0 bridgehead atoms. The van der Waals surface area contributed by atoms with E-state index in [2.05, 4.69) is 16.7 Å². The number of amides is 3. The van der Waals surface area contributed by atoms with E-state index in [1.54, 1.807) is 32.9 Å². The molecule has 0 spiro atoms. The van der Waals surface area contributed by atoms with Crippen molar-refractivity contribution < 1.29 is 19.1 Å². The van der Waals surface area contributed by atoms with Gasteiger partial charge in [-0.2, -0.15) is 0 Å². The summed E-state index contributed by atoms with van der Waals surface area (Å²) in [5.74, 6) is -1.08. The van der Waals surface area contributed by atoms with E-state index in [4.69, 9.17) is 11.2 Å². The maximum atomic E-state index is 14.1. The Kier molecular flexibility index (Phi) is 9.73. The fraction of sp³-hybridized carbons (Fsp3) is 0.303. The number of alkyl carbamates (subject to hydrolysis) is 1. The van der Waals surface area contributed by atoms with E-state index in [1.807, 2.05) is 81.4 Å². The number of hydrogen-bond acceptors (Lipinski definition) is 4. The van der Waals surface area contributed by atoms with E-state index in [9.17, 15) is 14.4 Å². The summed E-state index contributed by atoms with van der Waals surface area (Å²) in [6.07, 6.45) is 5.32. The van der Waals surface area contributed by atoms with Crippen LogP contribution in [0.4, 0.5) is 10.5 Å². The van der Waals surface area contributed by atoms with Crippen molar-refractivity contribution in [1.29, 1.82) is 0 Å². The Labute approximate surface area is 236 Å². The Morgan fingerprint density at radius 2 is 1.50 bits per heavy atom. The SMILES string of the molecule is C#CN(C(=O)C(Cc1ccccc1)NC(=O)OC(C)(C)C)C(C(=O)Nc1c(C)cccc1C)c1ccc(C)cc1. The normalized spacial score (nSPS) is 12.4. The second-order valence-electron chi connectivity index (χ2n) is 10.8. The van der Waals surface area contributed by atoms with E-state index < -0.39 is 35.6 Å². The van der Waals surface area contributed by atoms with Gasteiger partial charge in [-0.25, -0.2) is 4.79 Å². The van der Waals surface area contributed by atoms with Gasteiger partial charge >= 0.3 is 6.09 Å². The lowest BCUT2D eigenvalue weighted by molar-refractivity contribution is -0.136. The van der Waals surface area contributed by atoms with Crippen LogP contribution in [0.2, 0.25) is 0 Å². The van der Waals surface area contributed by atoms with Crippen LogP contribution in [0, 0.1) is 33.2 Å². The van der Waals surface area contributed by atoms with Crippen LogP contribution >= 0.6 is 0 Å². The Bertz CT molecular complexity index is 1370. The first kappa shape index (κ1) is 30.0. The molecule has 3 aromatic carbocycles. The first-order chi connectivity index (χ1) is 18.9. The van der Waals surface area contributed by atoms with E-state index in [0.717, 1.165) is 27.2 Å². The molecule has 3 amide bonds. The average Bonchev–Trinajstić information content (AvgIpc) is 2.89. The third-order valence-corrected chi connectivity index (χ3v) is 6.28. The van der Waals surface area contributed by atoms with Crippen LogP contribution in [0.25, 0.3) is 0 Å². The van der Waals surface area contributed by atoms with Crippen molar-refractivity contribution in [2.75, 3.05) is 5.32 Å². The van der Waals surface area contributed by atoms with Crippen LogP contribution in [0.15, 0.2) is 72.8 Å². The van der Waals surface area contributed by atoms with Gasteiger partial charge in [-0.3, -0.25) is 14.5 Å². The van der Waals surface area contributed by atoms with Crippen LogP contribution in [0.5, 0.6) is 0 Å². The molecule has 0 aliphatic heterocycles. The molecule has 0 radical (unpaired) electrons. The van der Waals surface area contributed by atoms with Gasteiger partial charge in [-0.15, -0.1) is 0 Å². The van der Waals surface area contributed by atoms with E-state index in [-0.39, 0.29) is 6.42 Å². The molecule has 0 aliphatic carbocycles. The second-order valence-corrected chi connectivity index (χ2v) is 10.8. The molecule has 0 fully saturated rings. The maximum Gasteiger partial charge on any atom is 0.408 e. The molecule has 7 nitrogen and oxygen atoms in total. The van der Waals surface area contributed by atoms with Gasteiger partial charge < -0.3 is 15.4 Å². The Morgan fingerprint density at radius 3 is 2.05 bits per heavy atom. The molecule has 0 saturated carbocycles. The molecule has 2 N–H and O–H groups in total. The molecule has 3 rings (SSSR count). The molecule has 0 saturated heterocycles. The molecule has 3 aromatic rings. The first-order valence-electron chi connectivity index (χ1n) is 13.2. The van der Waals surface area contributed by atoms with Gasteiger partial charge in [0.2, 0.25) is 0 Å². The number of benzene rings is 3. The summed E-state index contributed by atoms with van der Waals surface area (Å²) in [5, 5.41) is 5.66. The summed E-state index contributed by atoms with van der Waals surface area (Å²) in [7, 11) is 0. The minimum absolute atomic E-state index is 0.149. The highest BCUT2D eigenvalue weighted by molar-refractivity contribution is 6.00. The minimum Gasteiger partial charge on any atom is -0.444 e. The molecule has 2 unspecified atom stereocenters. The lowest BCUT2D eigenvalue weighted by Crippen LogP contribution is -2.51. The minimum atomic E-state index is -1.16. The Morgan fingerprint density at radius 1 is 0.900 bits per heavy atom. The third-order valence-electron chi connectivity index (χ3n) is 6.28. The fourth-order valence-electron chi connectivity index (χ4n) is 4.30. The Hall–Kier alpha value is -4.57. The average molecular weight is 540 g/mol. The number of carbonyl (C=O) groups is 3. The van der Waals surface area contributed by atoms with Crippen molar-refractivity contribution in [1.82, 2.24) is 10.2 Å². The predicted molar refractivity (Wildman–Crippen MR) is 157 cm³/mol. The van der Waals surface area contributed by atoms with Crippen LogP contribution in [-0.2, 0) is 20.7 Å².